The molecular weight excluding hydrogens is 260 g/mol. The van der Waals surface area contributed by atoms with E-state index < -0.39 is 17.4 Å². The Kier molecular flexibility index (Phi) is 3.77. The third-order valence-electron chi connectivity index (χ3n) is 2.38. The molecule has 0 amide bonds. The molecule has 0 bridgehead atoms. The van der Waals surface area contributed by atoms with Crippen LogP contribution < -0.4 is 4.74 Å². The molecule has 1 aromatic heterocycles. The molecule has 0 N–H and O–H groups in total. The number of hydrogen-bond acceptors (Lipinski definition) is 2. The predicted molar refractivity (Wildman–Crippen MR) is 65.0 cm³/mol. The van der Waals surface area contributed by atoms with Crippen LogP contribution in [0.4, 0.5) is 8.78 Å². The van der Waals surface area contributed by atoms with E-state index in [0.29, 0.717) is 17.0 Å². The number of hydrogen-bond donors (Lipinski definition) is 0. The molecule has 0 radical (unpaired) electrons. The number of rotatable bonds is 3. The molecule has 2 aromatic rings. The van der Waals surface area contributed by atoms with Gasteiger partial charge in [0.15, 0.2) is 17.4 Å². The van der Waals surface area contributed by atoms with E-state index >= 15 is 0 Å². The second kappa shape index (κ2) is 5.31. The van der Waals surface area contributed by atoms with Crippen LogP contribution in [-0.2, 0) is 5.88 Å². The highest BCUT2D eigenvalue weighted by atomic mass is 35.5. The van der Waals surface area contributed by atoms with Crippen LogP contribution in [-0.4, -0.2) is 4.98 Å². The first-order chi connectivity index (χ1) is 8.61. The highest BCUT2D eigenvalue weighted by molar-refractivity contribution is 6.17. The van der Waals surface area contributed by atoms with Gasteiger partial charge in [0.2, 0.25) is 0 Å². The largest absolute Gasteiger partial charge is 0.449 e. The summed E-state index contributed by atoms with van der Waals surface area (Å²) in [6.07, 6.45) is 1.57. The van der Waals surface area contributed by atoms with Crippen LogP contribution in [0, 0.1) is 18.6 Å². The highest BCUT2D eigenvalue weighted by Crippen LogP contribution is 2.30. The van der Waals surface area contributed by atoms with Crippen molar-refractivity contribution in [3.05, 3.63) is 53.4 Å². The lowest BCUT2D eigenvalue weighted by Gasteiger charge is -2.10. The van der Waals surface area contributed by atoms with Crippen molar-refractivity contribution in [2.24, 2.45) is 0 Å². The molecule has 94 valence electrons. The molecule has 0 atom stereocenters. The predicted octanol–water partition coefficient (Wildman–Crippen LogP) is 4.20. The van der Waals surface area contributed by atoms with Crippen molar-refractivity contribution < 1.29 is 13.5 Å². The maximum atomic E-state index is 13.7. The molecule has 1 heterocycles. The van der Waals surface area contributed by atoms with Gasteiger partial charge in [0, 0.05) is 12.1 Å². The molecule has 5 heteroatoms. The van der Waals surface area contributed by atoms with Crippen molar-refractivity contribution in [1.29, 1.82) is 0 Å². The maximum Gasteiger partial charge on any atom is 0.198 e. The Morgan fingerprint density at radius 2 is 1.94 bits per heavy atom. The minimum atomic E-state index is -0.783. The van der Waals surface area contributed by atoms with Crippen molar-refractivity contribution in [2.75, 3.05) is 0 Å². The molecule has 1 aromatic carbocycles. The lowest BCUT2D eigenvalue weighted by Crippen LogP contribution is -1.96. The minimum absolute atomic E-state index is 0.0417. The van der Waals surface area contributed by atoms with Crippen molar-refractivity contribution in [2.45, 2.75) is 12.8 Å². The molecule has 0 saturated carbocycles. The van der Waals surface area contributed by atoms with Crippen LogP contribution in [0.25, 0.3) is 0 Å². The molecule has 18 heavy (non-hydrogen) atoms. The average Bonchev–Trinajstić information content (AvgIpc) is 2.35. The van der Waals surface area contributed by atoms with Gasteiger partial charge in [0.1, 0.15) is 5.75 Å². The number of alkyl halides is 1. The molecule has 0 unspecified atom stereocenters. The van der Waals surface area contributed by atoms with Crippen LogP contribution in [0.3, 0.4) is 0 Å². The second-order valence-electron chi connectivity index (χ2n) is 3.71. The number of ether oxygens (including phenoxy) is 1. The van der Waals surface area contributed by atoms with Crippen LogP contribution >= 0.6 is 11.6 Å². The zero-order valence-corrected chi connectivity index (χ0v) is 10.3. The summed E-state index contributed by atoms with van der Waals surface area (Å²) in [4.78, 5) is 3.98. The van der Waals surface area contributed by atoms with Crippen LogP contribution in [0.15, 0.2) is 30.5 Å². The summed E-state index contributed by atoms with van der Waals surface area (Å²) in [6.45, 7) is 1.69. The Balaban J connectivity index is 2.38. The fourth-order valence-electron chi connectivity index (χ4n) is 1.47. The van der Waals surface area contributed by atoms with Crippen molar-refractivity contribution >= 4 is 11.6 Å². The zero-order valence-electron chi connectivity index (χ0n) is 9.58. The molecule has 2 nitrogen and oxygen atoms in total. The van der Waals surface area contributed by atoms with E-state index in [9.17, 15) is 8.78 Å². The van der Waals surface area contributed by atoms with Gasteiger partial charge in [-0.3, -0.25) is 4.98 Å². The van der Waals surface area contributed by atoms with Gasteiger partial charge in [-0.05, 0) is 36.8 Å². The van der Waals surface area contributed by atoms with Crippen molar-refractivity contribution in [3.63, 3.8) is 0 Å². The van der Waals surface area contributed by atoms with Crippen LogP contribution in [0.5, 0.6) is 11.5 Å². The second-order valence-corrected chi connectivity index (χ2v) is 3.98. The van der Waals surface area contributed by atoms with Gasteiger partial charge >= 0.3 is 0 Å². The number of pyridine rings is 1. The zero-order chi connectivity index (χ0) is 13.1. The van der Waals surface area contributed by atoms with Gasteiger partial charge in [-0.25, -0.2) is 8.78 Å². The van der Waals surface area contributed by atoms with Gasteiger partial charge < -0.3 is 4.74 Å². The number of halogens is 3. The Morgan fingerprint density at radius 1 is 1.28 bits per heavy atom. The SMILES string of the molecule is Cc1ncccc1Oc1c(F)cc(CCl)cc1F. The average molecular weight is 270 g/mol. The van der Waals surface area contributed by atoms with Gasteiger partial charge in [-0.1, -0.05) is 0 Å². The van der Waals surface area contributed by atoms with Crippen LogP contribution in [0.2, 0.25) is 0 Å². The smallest absolute Gasteiger partial charge is 0.198 e. The summed E-state index contributed by atoms with van der Waals surface area (Å²) in [5.41, 5.74) is 0.916. The van der Waals surface area contributed by atoms with Gasteiger partial charge in [-0.2, -0.15) is 0 Å². The van der Waals surface area contributed by atoms with E-state index in [0.717, 1.165) is 12.1 Å². The maximum absolute atomic E-state index is 13.7. The third-order valence-corrected chi connectivity index (χ3v) is 2.69. The molecule has 0 saturated heterocycles. The molecule has 0 aliphatic heterocycles. The molecule has 2 rings (SSSR count). The molecule has 0 aliphatic carbocycles. The summed E-state index contributed by atoms with van der Waals surface area (Å²) < 4.78 is 32.6. The van der Waals surface area contributed by atoms with E-state index in [-0.39, 0.29) is 5.88 Å². The fourth-order valence-corrected chi connectivity index (χ4v) is 1.63. The summed E-state index contributed by atoms with van der Waals surface area (Å²) in [7, 11) is 0. The van der Waals surface area contributed by atoms with E-state index in [2.05, 4.69) is 4.98 Å². The van der Waals surface area contributed by atoms with Gasteiger partial charge in [0.25, 0.3) is 0 Å². The first-order valence-corrected chi connectivity index (χ1v) is 5.78. The summed E-state index contributed by atoms with van der Waals surface area (Å²) in [6, 6.07) is 5.52. The number of nitrogens with zero attached hydrogens (tertiary/aromatic N) is 1. The summed E-state index contributed by atoms with van der Waals surface area (Å²) >= 11 is 5.52. The Hall–Kier alpha value is -1.68. The lowest BCUT2D eigenvalue weighted by molar-refractivity contribution is 0.403. The first kappa shape index (κ1) is 12.8. The van der Waals surface area contributed by atoms with Crippen molar-refractivity contribution in [1.82, 2.24) is 4.98 Å². The third kappa shape index (κ3) is 2.59. The molecule has 0 fully saturated rings. The molecule has 0 aliphatic rings. The van der Waals surface area contributed by atoms with Crippen LogP contribution in [0.1, 0.15) is 11.3 Å². The van der Waals surface area contributed by atoms with E-state index in [1.165, 1.54) is 0 Å². The summed E-state index contributed by atoms with van der Waals surface area (Å²) in [5, 5.41) is 0. The van der Waals surface area contributed by atoms with E-state index in [4.69, 9.17) is 16.3 Å². The Morgan fingerprint density at radius 3 is 2.50 bits per heavy atom. The highest BCUT2D eigenvalue weighted by Gasteiger charge is 2.14. The minimum Gasteiger partial charge on any atom is -0.449 e. The van der Waals surface area contributed by atoms with Gasteiger partial charge in [0.05, 0.1) is 5.69 Å². The van der Waals surface area contributed by atoms with Crippen molar-refractivity contribution in [3.8, 4) is 11.5 Å². The normalized spacial score (nSPS) is 10.4. The first-order valence-electron chi connectivity index (χ1n) is 5.25. The molecule has 0 spiro atoms. The summed E-state index contributed by atoms with van der Waals surface area (Å²) in [5.74, 6) is -1.66. The Bertz CT molecular complexity index is 552. The monoisotopic (exact) mass is 269 g/mol. The van der Waals surface area contributed by atoms with E-state index in [1.807, 2.05) is 0 Å². The van der Waals surface area contributed by atoms with E-state index in [1.54, 1.807) is 25.3 Å². The quantitative estimate of drug-likeness (QED) is 0.779. The number of benzene rings is 1. The molecular formula is C13H10ClF2NO. The standard InChI is InChI=1S/C13H10ClF2NO/c1-8-12(3-2-4-17-8)18-13-10(15)5-9(7-14)6-11(13)16/h2-6H,7H2,1H3. The topological polar surface area (TPSA) is 22.1 Å². The fraction of sp³-hybridized carbons (Fsp3) is 0.154. The van der Waals surface area contributed by atoms with Gasteiger partial charge in [-0.15, -0.1) is 11.6 Å². The Labute approximate surface area is 108 Å². The number of aryl methyl sites for hydroxylation is 1. The lowest BCUT2D eigenvalue weighted by atomic mass is 10.2. The number of aromatic nitrogens is 1.